The Labute approximate surface area is 277 Å². The molecule has 3 heterocycles. The van der Waals surface area contributed by atoms with Gasteiger partial charge in [-0.15, -0.1) is 0 Å². The molecule has 7 aromatic rings. The van der Waals surface area contributed by atoms with E-state index >= 15 is 0 Å². The van der Waals surface area contributed by atoms with Gasteiger partial charge >= 0.3 is 0 Å². The van der Waals surface area contributed by atoms with E-state index in [4.69, 9.17) is 9.72 Å². The van der Waals surface area contributed by atoms with Gasteiger partial charge in [0.2, 0.25) is 0 Å². The van der Waals surface area contributed by atoms with Crippen LogP contribution < -0.4 is 4.74 Å². The number of rotatable bonds is 4. The van der Waals surface area contributed by atoms with Crippen LogP contribution in [0.1, 0.15) is 12.0 Å². The van der Waals surface area contributed by atoms with Gasteiger partial charge in [0.1, 0.15) is 17.8 Å². The maximum Gasteiger partial charge on any atom is 0.163 e. The van der Waals surface area contributed by atoms with Gasteiger partial charge in [0.25, 0.3) is 0 Å². The van der Waals surface area contributed by atoms with E-state index in [-0.39, 0.29) is 0 Å². The quantitative estimate of drug-likeness (QED) is 0.197. The van der Waals surface area contributed by atoms with E-state index in [2.05, 4.69) is 130 Å². The van der Waals surface area contributed by atoms with Crippen LogP contribution in [-0.2, 0) is 0 Å². The first-order valence-electron chi connectivity index (χ1n) is 16.3. The summed E-state index contributed by atoms with van der Waals surface area (Å²) in [7, 11) is 0. The highest BCUT2D eigenvalue weighted by molar-refractivity contribution is 6.10. The number of hydrogen-bond acceptors (Lipinski definition) is 4. The van der Waals surface area contributed by atoms with Gasteiger partial charge < -0.3 is 9.30 Å². The lowest BCUT2D eigenvalue weighted by Gasteiger charge is -2.32. The van der Waals surface area contributed by atoms with Gasteiger partial charge in [0.15, 0.2) is 11.6 Å². The average molecular weight is 617 g/mol. The summed E-state index contributed by atoms with van der Waals surface area (Å²) < 4.78 is 8.75. The SMILES string of the molecule is C1=CC2CC=CC3=C2C(=C1)Oc1ccc(-c2ccc4c(c2)c2ccccc2n4-c2cccc(-c4ncnc(-c5ccccc5)n4)c2)cc13. The van der Waals surface area contributed by atoms with E-state index in [1.165, 1.54) is 33.0 Å². The zero-order valence-electron chi connectivity index (χ0n) is 25.9. The molecule has 0 amide bonds. The van der Waals surface area contributed by atoms with E-state index < -0.39 is 0 Å². The second-order valence-electron chi connectivity index (χ2n) is 12.4. The van der Waals surface area contributed by atoms with E-state index in [0.29, 0.717) is 17.6 Å². The Bertz CT molecular complexity index is 2570. The summed E-state index contributed by atoms with van der Waals surface area (Å²) in [4.78, 5) is 13.8. The van der Waals surface area contributed by atoms with Crippen molar-refractivity contribution in [2.24, 2.45) is 5.92 Å². The van der Waals surface area contributed by atoms with Crippen molar-refractivity contribution in [2.75, 3.05) is 0 Å². The molecule has 1 aliphatic heterocycles. The fraction of sp³-hybridized carbons (Fsp3) is 0.0465. The molecule has 0 spiro atoms. The Hall–Kier alpha value is -6.33. The third-order valence-electron chi connectivity index (χ3n) is 9.65. The molecule has 0 radical (unpaired) electrons. The molecule has 0 saturated heterocycles. The topological polar surface area (TPSA) is 52.8 Å². The minimum Gasteiger partial charge on any atom is -0.456 e. The van der Waals surface area contributed by atoms with Crippen LogP contribution in [0, 0.1) is 5.92 Å². The standard InChI is InChI=1S/C43H28N4O/c1-2-9-28(10-3-1)42-44-26-45-43(46-42)31-13-6-14-32(23-31)47-37-17-5-4-15-33(37)35-24-29(19-21-38(35)47)30-20-22-39-36(25-30)34-16-7-11-27-12-8-18-40(48-39)41(27)34/h1-10,12-27H,11H2. The summed E-state index contributed by atoms with van der Waals surface area (Å²) in [5, 5.41) is 2.41. The molecular weight excluding hydrogens is 589 g/mol. The molecule has 0 N–H and O–H groups in total. The monoisotopic (exact) mass is 616 g/mol. The Morgan fingerprint density at radius 3 is 2.40 bits per heavy atom. The van der Waals surface area contributed by atoms with Crippen molar-refractivity contribution < 1.29 is 4.74 Å². The third kappa shape index (κ3) is 4.21. The second kappa shape index (κ2) is 10.6. The zero-order valence-corrected chi connectivity index (χ0v) is 25.9. The molecule has 1 unspecified atom stereocenters. The fourth-order valence-corrected chi connectivity index (χ4v) is 7.42. The van der Waals surface area contributed by atoms with Crippen LogP contribution in [0.3, 0.4) is 0 Å². The molecule has 0 fully saturated rings. The molecule has 226 valence electrons. The van der Waals surface area contributed by atoms with Crippen molar-refractivity contribution >= 4 is 27.4 Å². The molecular formula is C43H28N4O. The number of ether oxygens (including phenoxy) is 1. The summed E-state index contributed by atoms with van der Waals surface area (Å²) in [6, 6.07) is 40.5. The van der Waals surface area contributed by atoms with Crippen molar-refractivity contribution in [3.63, 3.8) is 0 Å². The largest absolute Gasteiger partial charge is 0.456 e. The lowest BCUT2D eigenvalue weighted by atomic mass is 9.79. The smallest absolute Gasteiger partial charge is 0.163 e. The van der Waals surface area contributed by atoms with Crippen LogP contribution in [0.15, 0.2) is 163 Å². The third-order valence-corrected chi connectivity index (χ3v) is 9.65. The van der Waals surface area contributed by atoms with E-state index in [1.807, 2.05) is 30.3 Å². The summed E-state index contributed by atoms with van der Waals surface area (Å²) in [5.41, 5.74) is 11.3. The zero-order chi connectivity index (χ0) is 31.6. The van der Waals surface area contributed by atoms with Crippen LogP contribution in [-0.4, -0.2) is 19.5 Å². The highest BCUT2D eigenvalue weighted by Gasteiger charge is 2.31. The first kappa shape index (κ1) is 26.8. The van der Waals surface area contributed by atoms with Gasteiger partial charge in [-0.25, -0.2) is 15.0 Å². The lowest BCUT2D eigenvalue weighted by molar-refractivity contribution is 0.415. The molecule has 2 aliphatic carbocycles. The summed E-state index contributed by atoms with van der Waals surface area (Å²) in [6.45, 7) is 0. The number of allylic oxidation sites excluding steroid dienone is 7. The van der Waals surface area contributed by atoms with Crippen molar-refractivity contribution in [1.82, 2.24) is 19.5 Å². The minimum absolute atomic E-state index is 0.374. The molecule has 5 heteroatoms. The van der Waals surface area contributed by atoms with Crippen LogP contribution in [0.5, 0.6) is 5.75 Å². The maximum absolute atomic E-state index is 6.42. The molecule has 0 bridgehead atoms. The number of para-hydroxylation sites is 1. The van der Waals surface area contributed by atoms with Crippen LogP contribution in [0.2, 0.25) is 0 Å². The molecule has 2 aromatic heterocycles. The van der Waals surface area contributed by atoms with E-state index in [0.717, 1.165) is 51.3 Å². The van der Waals surface area contributed by atoms with Crippen molar-refractivity contribution in [3.05, 3.63) is 169 Å². The molecule has 0 saturated carbocycles. The Balaban J connectivity index is 1.08. The van der Waals surface area contributed by atoms with Crippen molar-refractivity contribution in [1.29, 1.82) is 0 Å². The molecule has 1 atom stereocenters. The van der Waals surface area contributed by atoms with E-state index in [1.54, 1.807) is 6.33 Å². The van der Waals surface area contributed by atoms with Gasteiger partial charge in [-0.1, -0.05) is 97.1 Å². The normalized spacial score (nSPS) is 16.1. The summed E-state index contributed by atoms with van der Waals surface area (Å²) in [5.74, 6) is 3.57. The first-order valence-corrected chi connectivity index (χ1v) is 16.3. The number of hydrogen-bond donors (Lipinski definition) is 0. The van der Waals surface area contributed by atoms with E-state index in [9.17, 15) is 0 Å². The number of fused-ring (bicyclic) bond motifs is 5. The highest BCUT2D eigenvalue weighted by Crippen LogP contribution is 2.47. The van der Waals surface area contributed by atoms with Gasteiger partial charge in [0.05, 0.1) is 11.0 Å². The predicted octanol–water partition coefficient (Wildman–Crippen LogP) is 10.1. The van der Waals surface area contributed by atoms with Gasteiger partial charge in [-0.05, 0) is 71.7 Å². The lowest BCUT2D eigenvalue weighted by Crippen LogP contribution is -2.18. The Morgan fingerprint density at radius 1 is 0.667 bits per heavy atom. The van der Waals surface area contributed by atoms with Gasteiger partial charge in [0, 0.05) is 44.6 Å². The van der Waals surface area contributed by atoms with Gasteiger partial charge in [-0.3, -0.25) is 0 Å². The number of aromatic nitrogens is 4. The molecule has 5 nitrogen and oxygen atoms in total. The van der Waals surface area contributed by atoms with Crippen molar-refractivity contribution in [2.45, 2.75) is 6.42 Å². The second-order valence-corrected chi connectivity index (χ2v) is 12.4. The van der Waals surface area contributed by atoms with Crippen LogP contribution in [0.25, 0.3) is 67.0 Å². The maximum atomic E-state index is 6.42. The highest BCUT2D eigenvalue weighted by atomic mass is 16.5. The minimum atomic E-state index is 0.374. The molecule has 10 rings (SSSR count). The predicted molar refractivity (Wildman–Crippen MR) is 192 cm³/mol. The molecule has 48 heavy (non-hydrogen) atoms. The Morgan fingerprint density at radius 2 is 1.46 bits per heavy atom. The summed E-state index contributed by atoms with van der Waals surface area (Å²) in [6.07, 6.45) is 13.7. The molecule has 3 aliphatic rings. The Kier molecular flexibility index (Phi) is 5.93. The number of benzene rings is 5. The average Bonchev–Trinajstić information content (AvgIpc) is 3.49. The van der Waals surface area contributed by atoms with Crippen LogP contribution in [0.4, 0.5) is 0 Å². The molecule has 5 aromatic carbocycles. The van der Waals surface area contributed by atoms with Crippen LogP contribution >= 0.6 is 0 Å². The summed E-state index contributed by atoms with van der Waals surface area (Å²) >= 11 is 0. The van der Waals surface area contributed by atoms with Gasteiger partial charge in [-0.2, -0.15) is 0 Å². The van der Waals surface area contributed by atoms with Crippen molar-refractivity contribution in [3.8, 4) is 45.3 Å². The fourth-order valence-electron chi connectivity index (χ4n) is 7.42. The number of nitrogens with zero attached hydrogens (tertiary/aromatic N) is 4. The first-order chi connectivity index (χ1) is 23.8.